The van der Waals surface area contributed by atoms with Crippen LogP contribution in [0, 0.1) is 0 Å². The summed E-state index contributed by atoms with van der Waals surface area (Å²) in [6, 6.07) is 17.2. The van der Waals surface area contributed by atoms with Crippen LogP contribution in [0.1, 0.15) is 10.9 Å². The van der Waals surface area contributed by atoms with Crippen molar-refractivity contribution in [3.63, 3.8) is 0 Å². The van der Waals surface area contributed by atoms with Crippen LogP contribution in [0.25, 0.3) is 0 Å². The molecule has 1 heterocycles. The monoisotopic (exact) mass is 342 g/mol. The number of thioether (sulfide) groups is 1. The first-order valence-electron chi connectivity index (χ1n) is 7.56. The maximum Gasteiger partial charge on any atom is 0.250 e. The number of hydrogen-bond acceptors (Lipinski definition) is 4. The van der Waals surface area contributed by atoms with Crippen LogP contribution in [0.4, 0.5) is 11.4 Å². The van der Waals surface area contributed by atoms with Crippen molar-refractivity contribution in [1.82, 2.24) is 0 Å². The zero-order valence-corrected chi connectivity index (χ0v) is 14.1. The number of anilines is 2. The number of nitrogens with one attached hydrogen (secondary N) is 1. The third kappa shape index (κ3) is 3.60. The highest BCUT2D eigenvalue weighted by atomic mass is 32.2. The van der Waals surface area contributed by atoms with E-state index in [1.165, 1.54) is 7.11 Å². The van der Waals surface area contributed by atoms with Gasteiger partial charge in [-0.2, -0.15) is 0 Å². The van der Waals surface area contributed by atoms with Crippen LogP contribution in [-0.4, -0.2) is 31.3 Å². The molecule has 0 saturated carbocycles. The zero-order valence-electron chi connectivity index (χ0n) is 13.3. The maximum atomic E-state index is 12.3. The van der Waals surface area contributed by atoms with Crippen LogP contribution in [-0.2, 0) is 14.3 Å². The number of carbonyl (C=O) groups excluding carboxylic acids is 2. The van der Waals surface area contributed by atoms with Crippen molar-refractivity contribution >= 4 is 35.0 Å². The summed E-state index contributed by atoms with van der Waals surface area (Å²) in [7, 11) is 1.48. The fraction of sp³-hybridized carbons (Fsp3) is 0.222. The molecule has 1 saturated heterocycles. The normalized spacial score (nSPS) is 17.1. The van der Waals surface area contributed by atoms with Crippen LogP contribution < -0.4 is 10.2 Å². The molecule has 1 aliphatic rings. The van der Waals surface area contributed by atoms with Gasteiger partial charge in [-0.05, 0) is 29.8 Å². The van der Waals surface area contributed by atoms with E-state index in [0.29, 0.717) is 11.4 Å². The third-order valence-corrected chi connectivity index (χ3v) is 4.87. The number of para-hydroxylation sites is 1. The number of benzene rings is 2. The smallest absolute Gasteiger partial charge is 0.250 e. The summed E-state index contributed by atoms with van der Waals surface area (Å²) in [6.07, 6.45) is 0. The Morgan fingerprint density at radius 3 is 2.58 bits per heavy atom. The van der Waals surface area contributed by atoms with Crippen molar-refractivity contribution < 1.29 is 14.3 Å². The number of carbonyl (C=O) groups is 2. The van der Waals surface area contributed by atoms with Gasteiger partial charge in [0.2, 0.25) is 11.8 Å². The molecular weight excluding hydrogens is 324 g/mol. The number of methoxy groups -OCH3 is 1. The predicted octanol–water partition coefficient (Wildman–Crippen LogP) is 3.05. The molecular formula is C18H18N2O3S. The van der Waals surface area contributed by atoms with Gasteiger partial charge in [0.05, 0.1) is 5.75 Å². The number of amides is 2. The summed E-state index contributed by atoms with van der Waals surface area (Å²) in [5.74, 6) is 0.376. The van der Waals surface area contributed by atoms with E-state index in [-0.39, 0.29) is 23.8 Å². The van der Waals surface area contributed by atoms with E-state index in [1.54, 1.807) is 11.8 Å². The van der Waals surface area contributed by atoms with Gasteiger partial charge in [-0.1, -0.05) is 30.3 Å². The van der Waals surface area contributed by atoms with Crippen molar-refractivity contribution in [2.75, 3.05) is 29.7 Å². The number of ether oxygens (including phenoxy) is 1. The second-order valence-electron chi connectivity index (χ2n) is 5.37. The third-order valence-electron chi connectivity index (χ3n) is 3.66. The lowest BCUT2D eigenvalue weighted by Gasteiger charge is -2.24. The Bertz CT molecular complexity index is 719. The van der Waals surface area contributed by atoms with Gasteiger partial charge in [-0.15, -0.1) is 11.8 Å². The largest absolute Gasteiger partial charge is 0.375 e. The number of nitrogens with zero attached hydrogens (tertiary/aromatic N) is 1. The SMILES string of the molecule is COCC(=O)Nc1ccc([C@@H]2SCC(=O)N2c2ccccc2)cc1. The molecule has 1 atom stereocenters. The molecule has 2 aromatic carbocycles. The summed E-state index contributed by atoms with van der Waals surface area (Å²) < 4.78 is 4.80. The van der Waals surface area contributed by atoms with Crippen LogP contribution in [0.2, 0.25) is 0 Å². The zero-order chi connectivity index (χ0) is 16.9. The summed E-state index contributed by atoms with van der Waals surface area (Å²) in [4.78, 5) is 25.6. The molecule has 6 heteroatoms. The highest BCUT2D eigenvalue weighted by molar-refractivity contribution is 8.00. The van der Waals surface area contributed by atoms with Crippen LogP contribution >= 0.6 is 11.8 Å². The Hall–Kier alpha value is -2.31. The molecule has 3 rings (SSSR count). The minimum Gasteiger partial charge on any atom is -0.375 e. The average molecular weight is 342 g/mol. The van der Waals surface area contributed by atoms with Crippen molar-refractivity contribution in [2.24, 2.45) is 0 Å². The molecule has 2 aromatic rings. The van der Waals surface area contributed by atoms with Gasteiger partial charge in [0.1, 0.15) is 12.0 Å². The van der Waals surface area contributed by atoms with E-state index >= 15 is 0 Å². The summed E-state index contributed by atoms with van der Waals surface area (Å²) >= 11 is 1.60. The second-order valence-corrected chi connectivity index (χ2v) is 6.43. The van der Waals surface area contributed by atoms with Crippen molar-refractivity contribution in [2.45, 2.75) is 5.37 Å². The maximum absolute atomic E-state index is 12.3. The summed E-state index contributed by atoms with van der Waals surface area (Å²) in [5.41, 5.74) is 2.64. The van der Waals surface area contributed by atoms with Gasteiger partial charge >= 0.3 is 0 Å². The first kappa shape index (κ1) is 16.5. The topological polar surface area (TPSA) is 58.6 Å². The molecule has 0 unspecified atom stereocenters. The highest BCUT2D eigenvalue weighted by Gasteiger charge is 2.33. The highest BCUT2D eigenvalue weighted by Crippen LogP contribution is 2.41. The standard InChI is InChI=1S/C18H18N2O3S/c1-23-11-16(21)19-14-9-7-13(8-10-14)18-20(17(22)12-24-18)15-5-3-2-4-6-15/h2-10,18H,11-12H2,1H3,(H,19,21)/t18-/m0/s1. The Labute approximate surface area is 145 Å². The minimum absolute atomic E-state index is 0.0243. The lowest BCUT2D eigenvalue weighted by molar-refractivity contribution is -0.119. The molecule has 1 N–H and O–H groups in total. The molecule has 124 valence electrons. The lowest BCUT2D eigenvalue weighted by atomic mass is 10.1. The Kier molecular flexibility index (Phi) is 5.17. The van der Waals surface area contributed by atoms with E-state index in [4.69, 9.17) is 4.74 Å². The molecule has 2 amide bonds. The summed E-state index contributed by atoms with van der Waals surface area (Å²) in [6.45, 7) is 0.0243. The molecule has 0 bridgehead atoms. The van der Waals surface area contributed by atoms with Crippen molar-refractivity contribution in [3.05, 3.63) is 60.2 Å². The van der Waals surface area contributed by atoms with Gasteiger partial charge < -0.3 is 10.1 Å². The van der Waals surface area contributed by atoms with E-state index in [2.05, 4.69) is 5.32 Å². The first-order chi connectivity index (χ1) is 11.7. The quantitative estimate of drug-likeness (QED) is 0.907. The van der Waals surface area contributed by atoms with Crippen molar-refractivity contribution in [3.8, 4) is 0 Å². The van der Waals surface area contributed by atoms with Gasteiger partial charge in [0, 0.05) is 18.5 Å². The molecule has 5 nitrogen and oxygen atoms in total. The van der Waals surface area contributed by atoms with Crippen LogP contribution in [0.3, 0.4) is 0 Å². The fourth-order valence-corrected chi connectivity index (χ4v) is 3.78. The van der Waals surface area contributed by atoms with Crippen LogP contribution in [0.15, 0.2) is 54.6 Å². The molecule has 1 aliphatic heterocycles. The Morgan fingerprint density at radius 2 is 1.92 bits per heavy atom. The van der Waals surface area contributed by atoms with Gasteiger partial charge in [-0.3, -0.25) is 14.5 Å². The van der Waals surface area contributed by atoms with E-state index < -0.39 is 0 Å². The fourth-order valence-electron chi connectivity index (χ4n) is 2.60. The first-order valence-corrected chi connectivity index (χ1v) is 8.61. The second kappa shape index (κ2) is 7.51. The molecule has 0 aliphatic carbocycles. The molecule has 24 heavy (non-hydrogen) atoms. The molecule has 1 fully saturated rings. The molecule has 0 spiro atoms. The number of rotatable bonds is 5. The molecule has 0 aromatic heterocycles. The predicted molar refractivity (Wildman–Crippen MR) is 96.1 cm³/mol. The Balaban J connectivity index is 1.78. The van der Waals surface area contributed by atoms with Gasteiger partial charge in [-0.25, -0.2) is 0 Å². The van der Waals surface area contributed by atoms with E-state index in [1.807, 2.05) is 59.5 Å². The lowest BCUT2D eigenvalue weighted by Crippen LogP contribution is -2.27. The van der Waals surface area contributed by atoms with Crippen LogP contribution in [0.5, 0.6) is 0 Å². The Morgan fingerprint density at radius 1 is 1.21 bits per heavy atom. The average Bonchev–Trinajstić information content (AvgIpc) is 2.98. The van der Waals surface area contributed by atoms with E-state index in [9.17, 15) is 9.59 Å². The van der Waals surface area contributed by atoms with E-state index in [0.717, 1.165) is 11.3 Å². The van der Waals surface area contributed by atoms with Gasteiger partial charge in [0.25, 0.3) is 0 Å². The minimum atomic E-state index is -0.193. The van der Waals surface area contributed by atoms with Gasteiger partial charge in [0.15, 0.2) is 0 Å². The van der Waals surface area contributed by atoms with Crippen molar-refractivity contribution in [1.29, 1.82) is 0 Å². The summed E-state index contributed by atoms with van der Waals surface area (Å²) in [5, 5.41) is 2.71. The number of hydrogen-bond donors (Lipinski definition) is 1. The molecule has 0 radical (unpaired) electrons.